The third-order valence-corrected chi connectivity index (χ3v) is 7.70. The molecule has 1 atom stereocenters. The lowest BCUT2D eigenvalue weighted by atomic mass is 10.1. The molecule has 2 rings (SSSR count). The zero-order valence-corrected chi connectivity index (χ0v) is 23.0. The van der Waals surface area contributed by atoms with Crippen molar-refractivity contribution >= 4 is 62.3 Å². The maximum absolute atomic E-state index is 13.6. The second-order valence-electron chi connectivity index (χ2n) is 8.02. The Balaban J connectivity index is 2.46. The van der Waals surface area contributed by atoms with E-state index in [0.717, 1.165) is 23.4 Å². The summed E-state index contributed by atoms with van der Waals surface area (Å²) in [6.45, 7) is 3.74. The second kappa shape index (κ2) is 13.3. The molecule has 11 heteroatoms. The van der Waals surface area contributed by atoms with E-state index in [1.54, 1.807) is 37.3 Å². The molecule has 0 saturated heterocycles. The number of carbonyl (C=O) groups excluding carboxylic acids is 2. The highest BCUT2D eigenvalue weighted by Crippen LogP contribution is 2.34. The van der Waals surface area contributed by atoms with Crippen LogP contribution in [-0.2, 0) is 26.2 Å². The molecule has 0 heterocycles. The van der Waals surface area contributed by atoms with E-state index >= 15 is 0 Å². The summed E-state index contributed by atoms with van der Waals surface area (Å²) in [6.07, 6.45) is 3.01. The minimum atomic E-state index is -3.92. The van der Waals surface area contributed by atoms with Crippen LogP contribution in [0, 0.1) is 0 Å². The van der Waals surface area contributed by atoms with Gasteiger partial charge >= 0.3 is 0 Å². The van der Waals surface area contributed by atoms with Gasteiger partial charge in [0.25, 0.3) is 0 Å². The van der Waals surface area contributed by atoms with Gasteiger partial charge in [0.15, 0.2) is 0 Å². The first-order valence-corrected chi connectivity index (χ1v) is 14.2. The third-order valence-electron chi connectivity index (χ3n) is 5.39. The largest absolute Gasteiger partial charge is 0.354 e. The Labute approximate surface area is 222 Å². The number of hydrogen-bond donors (Lipinski definition) is 1. The normalized spacial score (nSPS) is 12.2. The lowest BCUT2D eigenvalue weighted by molar-refractivity contribution is -0.140. The highest BCUT2D eigenvalue weighted by molar-refractivity contribution is 7.92. The van der Waals surface area contributed by atoms with Crippen LogP contribution in [0.15, 0.2) is 42.5 Å². The van der Waals surface area contributed by atoms with Gasteiger partial charge in [-0.15, -0.1) is 0 Å². The highest BCUT2D eigenvalue weighted by atomic mass is 35.5. The van der Waals surface area contributed by atoms with Crippen LogP contribution in [0.2, 0.25) is 15.1 Å². The standard InChI is InChI=1S/C24H30Cl3N3O4S/c1-4-6-14-28-24(32)20(5-2)29(15-17-10-7-8-11-18(17)25)22(31)16-30(35(3,33)34)21-13-9-12-19(26)23(21)27/h7-13,20H,4-6,14-16H2,1-3H3,(H,28,32)/t20-/m1/s1. The summed E-state index contributed by atoms with van der Waals surface area (Å²) in [7, 11) is -3.92. The Morgan fingerprint density at radius 2 is 1.66 bits per heavy atom. The minimum Gasteiger partial charge on any atom is -0.354 e. The molecule has 0 saturated carbocycles. The maximum Gasteiger partial charge on any atom is 0.244 e. The predicted octanol–water partition coefficient (Wildman–Crippen LogP) is 5.14. The molecule has 1 N–H and O–H groups in total. The molecule has 0 aromatic heterocycles. The van der Waals surface area contributed by atoms with Crippen LogP contribution in [0.4, 0.5) is 5.69 Å². The number of nitrogens with zero attached hydrogens (tertiary/aromatic N) is 2. The number of amides is 2. The predicted molar refractivity (Wildman–Crippen MR) is 143 cm³/mol. The molecule has 0 spiro atoms. The van der Waals surface area contributed by atoms with Crippen molar-refractivity contribution in [3.8, 4) is 0 Å². The molecule has 0 aliphatic heterocycles. The van der Waals surface area contributed by atoms with Crippen LogP contribution in [0.3, 0.4) is 0 Å². The van der Waals surface area contributed by atoms with Crippen molar-refractivity contribution in [3.05, 3.63) is 63.1 Å². The van der Waals surface area contributed by atoms with E-state index in [9.17, 15) is 18.0 Å². The molecule has 0 fully saturated rings. The fraction of sp³-hybridized carbons (Fsp3) is 0.417. The molecule has 2 aromatic carbocycles. The first-order valence-electron chi connectivity index (χ1n) is 11.2. The lowest BCUT2D eigenvalue weighted by Gasteiger charge is -2.33. The fourth-order valence-corrected chi connectivity index (χ4v) is 5.01. The molecule has 2 aromatic rings. The van der Waals surface area contributed by atoms with E-state index in [1.807, 2.05) is 6.92 Å². The Bertz CT molecular complexity index is 1140. The van der Waals surface area contributed by atoms with Gasteiger partial charge in [0.05, 0.1) is 22.0 Å². The summed E-state index contributed by atoms with van der Waals surface area (Å²) in [4.78, 5) is 28.0. The van der Waals surface area contributed by atoms with Crippen LogP contribution in [0.25, 0.3) is 0 Å². The molecule has 7 nitrogen and oxygen atoms in total. The van der Waals surface area contributed by atoms with E-state index in [2.05, 4.69) is 5.32 Å². The summed E-state index contributed by atoms with van der Waals surface area (Å²) in [5.74, 6) is -0.892. The average molecular weight is 563 g/mol. The van der Waals surface area contributed by atoms with E-state index in [4.69, 9.17) is 34.8 Å². The van der Waals surface area contributed by atoms with Crippen molar-refractivity contribution in [2.24, 2.45) is 0 Å². The van der Waals surface area contributed by atoms with Crippen LogP contribution in [0.5, 0.6) is 0 Å². The van der Waals surface area contributed by atoms with Gasteiger partial charge in [-0.2, -0.15) is 0 Å². The van der Waals surface area contributed by atoms with Crippen molar-refractivity contribution in [1.29, 1.82) is 0 Å². The van der Waals surface area contributed by atoms with Crippen molar-refractivity contribution in [1.82, 2.24) is 10.2 Å². The molecule has 0 radical (unpaired) electrons. The van der Waals surface area contributed by atoms with Gasteiger partial charge in [0.1, 0.15) is 12.6 Å². The molecule has 2 amide bonds. The van der Waals surface area contributed by atoms with Crippen LogP contribution in [0.1, 0.15) is 38.7 Å². The molecule has 0 aliphatic carbocycles. The van der Waals surface area contributed by atoms with Crippen LogP contribution < -0.4 is 9.62 Å². The van der Waals surface area contributed by atoms with Crippen molar-refractivity contribution in [2.75, 3.05) is 23.7 Å². The summed E-state index contributed by atoms with van der Waals surface area (Å²) in [5, 5.41) is 3.46. The Morgan fingerprint density at radius 3 is 2.26 bits per heavy atom. The van der Waals surface area contributed by atoms with Gasteiger partial charge in [-0.25, -0.2) is 8.42 Å². The van der Waals surface area contributed by atoms with Crippen molar-refractivity contribution in [3.63, 3.8) is 0 Å². The molecule has 192 valence electrons. The first kappa shape index (κ1) is 29.2. The van der Waals surface area contributed by atoms with Gasteiger partial charge in [-0.1, -0.05) is 79.3 Å². The number of carbonyl (C=O) groups is 2. The zero-order chi connectivity index (χ0) is 26.2. The van der Waals surface area contributed by atoms with Gasteiger partial charge in [-0.3, -0.25) is 13.9 Å². The third kappa shape index (κ3) is 8.00. The number of halogens is 3. The number of unbranched alkanes of at least 4 members (excludes halogenated alkanes) is 1. The van der Waals surface area contributed by atoms with Crippen molar-refractivity contribution < 1.29 is 18.0 Å². The highest BCUT2D eigenvalue weighted by Gasteiger charge is 2.32. The fourth-order valence-electron chi connectivity index (χ4n) is 3.52. The molecular weight excluding hydrogens is 533 g/mol. The van der Waals surface area contributed by atoms with E-state index in [1.165, 1.54) is 17.0 Å². The van der Waals surface area contributed by atoms with Gasteiger partial charge in [0.2, 0.25) is 21.8 Å². The zero-order valence-electron chi connectivity index (χ0n) is 19.9. The van der Waals surface area contributed by atoms with Gasteiger partial charge < -0.3 is 10.2 Å². The molecule has 35 heavy (non-hydrogen) atoms. The molecule has 0 bridgehead atoms. The van der Waals surface area contributed by atoms with E-state index in [0.29, 0.717) is 23.6 Å². The quantitative estimate of drug-likeness (QED) is 0.363. The lowest BCUT2D eigenvalue weighted by Crippen LogP contribution is -2.52. The summed E-state index contributed by atoms with van der Waals surface area (Å²) < 4.78 is 26.2. The van der Waals surface area contributed by atoms with Crippen molar-refractivity contribution in [2.45, 2.75) is 45.7 Å². The Hall–Kier alpha value is -2.00. The minimum absolute atomic E-state index is 0.00870. The topological polar surface area (TPSA) is 86.8 Å². The van der Waals surface area contributed by atoms with Gasteiger partial charge in [0, 0.05) is 18.1 Å². The molecule has 0 unspecified atom stereocenters. The number of anilines is 1. The molecular formula is C24H30Cl3N3O4S. The number of nitrogens with one attached hydrogen (secondary N) is 1. The smallest absolute Gasteiger partial charge is 0.244 e. The number of benzene rings is 2. The van der Waals surface area contributed by atoms with Crippen LogP contribution >= 0.6 is 34.8 Å². The van der Waals surface area contributed by atoms with Gasteiger partial charge in [-0.05, 0) is 36.6 Å². The Morgan fingerprint density at radius 1 is 1.00 bits per heavy atom. The second-order valence-corrected chi connectivity index (χ2v) is 11.1. The number of sulfonamides is 1. The number of hydrogen-bond acceptors (Lipinski definition) is 4. The summed E-state index contributed by atoms with van der Waals surface area (Å²) >= 11 is 18.7. The summed E-state index contributed by atoms with van der Waals surface area (Å²) in [5.41, 5.74) is 0.710. The summed E-state index contributed by atoms with van der Waals surface area (Å²) in [6, 6.07) is 10.7. The Kier molecular flexibility index (Phi) is 11.1. The van der Waals surface area contributed by atoms with E-state index in [-0.39, 0.29) is 28.2 Å². The SMILES string of the molecule is CCCCNC(=O)[C@@H](CC)N(Cc1ccccc1Cl)C(=O)CN(c1cccc(Cl)c1Cl)S(C)(=O)=O. The van der Waals surface area contributed by atoms with Crippen LogP contribution in [-0.4, -0.2) is 50.5 Å². The number of rotatable bonds is 12. The average Bonchev–Trinajstić information content (AvgIpc) is 2.80. The van der Waals surface area contributed by atoms with E-state index < -0.39 is 28.5 Å². The monoisotopic (exact) mass is 561 g/mol. The maximum atomic E-state index is 13.6. The first-order chi connectivity index (χ1) is 16.5. The molecule has 0 aliphatic rings.